The van der Waals surface area contributed by atoms with Crippen molar-refractivity contribution in [2.45, 2.75) is 26.8 Å². The highest BCUT2D eigenvalue weighted by atomic mass is 16.3. The highest BCUT2D eigenvalue weighted by molar-refractivity contribution is 5.79. The Balaban J connectivity index is 1.35. The molecule has 2 heterocycles. The number of nitrogens with zero attached hydrogens (tertiary/aromatic N) is 3. The molecule has 1 saturated heterocycles. The van der Waals surface area contributed by atoms with Crippen LogP contribution in [-0.2, 0) is 6.54 Å². The van der Waals surface area contributed by atoms with E-state index < -0.39 is 0 Å². The summed E-state index contributed by atoms with van der Waals surface area (Å²) in [4.78, 5) is 9.62. The molecule has 1 aliphatic heterocycles. The van der Waals surface area contributed by atoms with Gasteiger partial charge in [0.05, 0.1) is 6.26 Å². The lowest BCUT2D eigenvalue weighted by atomic mass is 10.2. The van der Waals surface area contributed by atoms with Crippen molar-refractivity contribution < 1.29 is 4.42 Å². The SMILES string of the molecule is CCNC(=NCc1ccco1)NCCCN1CCN(c2cccc(C)c2)CC1. The molecule has 28 heavy (non-hydrogen) atoms. The van der Waals surface area contributed by atoms with Crippen LogP contribution >= 0.6 is 0 Å². The highest BCUT2D eigenvalue weighted by Gasteiger charge is 2.16. The first kappa shape index (κ1) is 20.3. The van der Waals surface area contributed by atoms with E-state index in [4.69, 9.17) is 4.42 Å². The second kappa shape index (κ2) is 10.8. The van der Waals surface area contributed by atoms with E-state index in [1.54, 1.807) is 6.26 Å². The molecule has 6 heteroatoms. The Morgan fingerprint density at radius 1 is 1.11 bits per heavy atom. The molecule has 0 unspecified atom stereocenters. The number of anilines is 1. The molecule has 0 radical (unpaired) electrons. The van der Waals surface area contributed by atoms with Crippen LogP contribution in [-0.4, -0.2) is 56.7 Å². The summed E-state index contributed by atoms with van der Waals surface area (Å²) in [5.74, 6) is 1.73. The maximum Gasteiger partial charge on any atom is 0.191 e. The number of hydrogen-bond acceptors (Lipinski definition) is 4. The minimum Gasteiger partial charge on any atom is -0.467 e. The van der Waals surface area contributed by atoms with Gasteiger partial charge in [0, 0.05) is 45.0 Å². The topological polar surface area (TPSA) is 56.0 Å². The smallest absolute Gasteiger partial charge is 0.191 e. The molecule has 2 N–H and O–H groups in total. The third kappa shape index (κ3) is 6.30. The van der Waals surface area contributed by atoms with Gasteiger partial charge in [0.15, 0.2) is 5.96 Å². The lowest BCUT2D eigenvalue weighted by molar-refractivity contribution is 0.255. The highest BCUT2D eigenvalue weighted by Crippen LogP contribution is 2.17. The number of aliphatic imine (C=N–C) groups is 1. The first-order valence-corrected chi connectivity index (χ1v) is 10.3. The standard InChI is InChI=1S/C22H33N5O/c1-3-23-22(25-18-21-9-5-16-28-21)24-10-6-11-26-12-14-27(15-13-26)20-8-4-7-19(2)17-20/h4-5,7-9,16-17H,3,6,10-15,18H2,1-2H3,(H2,23,24,25). The predicted molar refractivity (Wildman–Crippen MR) is 116 cm³/mol. The van der Waals surface area contributed by atoms with Crippen LogP contribution in [0.3, 0.4) is 0 Å². The molecular weight excluding hydrogens is 350 g/mol. The van der Waals surface area contributed by atoms with Gasteiger partial charge in [-0.05, 0) is 56.6 Å². The molecule has 3 rings (SSSR count). The van der Waals surface area contributed by atoms with E-state index in [0.29, 0.717) is 6.54 Å². The van der Waals surface area contributed by atoms with Crippen molar-refractivity contribution in [3.05, 3.63) is 54.0 Å². The molecule has 152 valence electrons. The Morgan fingerprint density at radius 3 is 2.68 bits per heavy atom. The lowest BCUT2D eigenvalue weighted by Gasteiger charge is -2.36. The van der Waals surface area contributed by atoms with E-state index in [-0.39, 0.29) is 0 Å². The van der Waals surface area contributed by atoms with Crippen LogP contribution in [0, 0.1) is 6.92 Å². The molecule has 1 aliphatic rings. The first-order valence-electron chi connectivity index (χ1n) is 10.3. The Kier molecular flexibility index (Phi) is 7.79. The summed E-state index contributed by atoms with van der Waals surface area (Å²) in [6, 6.07) is 12.7. The molecule has 1 aromatic carbocycles. The van der Waals surface area contributed by atoms with Gasteiger partial charge in [-0.1, -0.05) is 12.1 Å². The third-order valence-electron chi connectivity index (χ3n) is 5.00. The van der Waals surface area contributed by atoms with Crippen molar-refractivity contribution in [1.82, 2.24) is 15.5 Å². The van der Waals surface area contributed by atoms with Gasteiger partial charge >= 0.3 is 0 Å². The Hall–Kier alpha value is -2.47. The largest absolute Gasteiger partial charge is 0.467 e. The molecule has 1 fully saturated rings. The van der Waals surface area contributed by atoms with Crippen molar-refractivity contribution in [2.75, 3.05) is 50.7 Å². The number of rotatable bonds is 8. The third-order valence-corrected chi connectivity index (χ3v) is 5.00. The van der Waals surface area contributed by atoms with Gasteiger partial charge in [0.25, 0.3) is 0 Å². The first-order chi connectivity index (χ1) is 13.7. The average molecular weight is 384 g/mol. The van der Waals surface area contributed by atoms with Crippen LogP contribution in [0.25, 0.3) is 0 Å². The fourth-order valence-corrected chi connectivity index (χ4v) is 3.47. The van der Waals surface area contributed by atoms with Crippen molar-refractivity contribution in [2.24, 2.45) is 4.99 Å². The average Bonchev–Trinajstić information content (AvgIpc) is 3.23. The molecule has 1 aromatic heterocycles. The van der Waals surface area contributed by atoms with Crippen molar-refractivity contribution >= 4 is 11.6 Å². The zero-order valence-electron chi connectivity index (χ0n) is 17.2. The summed E-state index contributed by atoms with van der Waals surface area (Å²) < 4.78 is 5.34. The van der Waals surface area contributed by atoms with Gasteiger partial charge in [-0.25, -0.2) is 4.99 Å². The summed E-state index contributed by atoms with van der Waals surface area (Å²) in [7, 11) is 0. The maximum atomic E-state index is 5.34. The van der Waals surface area contributed by atoms with E-state index in [9.17, 15) is 0 Å². The second-order valence-corrected chi connectivity index (χ2v) is 7.22. The second-order valence-electron chi connectivity index (χ2n) is 7.22. The normalized spacial score (nSPS) is 15.6. The van der Waals surface area contributed by atoms with E-state index in [1.165, 1.54) is 11.3 Å². The lowest BCUT2D eigenvalue weighted by Crippen LogP contribution is -2.47. The van der Waals surface area contributed by atoms with Crippen molar-refractivity contribution in [3.63, 3.8) is 0 Å². The predicted octanol–water partition coefficient (Wildman–Crippen LogP) is 2.86. The monoisotopic (exact) mass is 383 g/mol. The van der Waals surface area contributed by atoms with Crippen LogP contribution in [0.15, 0.2) is 52.1 Å². The quantitative estimate of drug-likeness (QED) is 0.417. The van der Waals surface area contributed by atoms with Crippen molar-refractivity contribution in [1.29, 1.82) is 0 Å². The molecule has 2 aromatic rings. The molecule has 0 aliphatic carbocycles. The number of furan rings is 1. The Labute approximate surface area is 168 Å². The fourth-order valence-electron chi connectivity index (χ4n) is 3.47. The minimum atomic E-state index is 0.559. The van der Waals surface area contributed by atoms with Gasteiger partial charge in [0.2, 0.25) is 0 Å². The molecule has 0 atom stereocenters. The number of benzene rings is 1. The summed E-state index contributed by atoms with van der Waals surface area (Å²) in [5.41, 5.74) is 2.68. The zero-order valence-corrected chi connectivity index (χ0v) is 17.2. The van der Waals surface area contributed by atoms with Gasteiger partial charge in [-0.2, -0.15) is 0 Å². The molecule has 0 bridgehead atoms. The number of aryl methyl sites for hydroxylation is 1. The molecule has 0 saturated carbocycles. The number of guanidine groups is 1. The summed E-state index contributed by atoms with van der Waals surface area (Å²) in [5, 5.41) is 6.71. The van der Waals surface area contributed by atoms with E-state index in [2.05, 4.69) is 63.5 Å². The molecule has 0 spiro atoms. The van der Waals surface area contributed by atoms with Gasteiger partial charge in [-0.15, -0.1) is 0 Å². The van der Waals surface area contributed by atoms with E-state index in [0.717, 1.165) is 64.0 Å². The van der Waals surface area contributed by atoms with Crippen LogP contribution in [0.2, 0.25) is 0 Å². The van der Waals surface area contributed by atoms with Crippen LogP contribution in [0.5, 0.6) is 0 Å². The fraction of sp³-hybridized carbons (Fsp3) is 0.500. The molecule has 6 nitrogen and oxygen atoms in total. The van der Waals surface area contributed by atoms with Gasteiger partial charge in [0.1, 0.15) is 12.3 Å². The van der Waals surface area contributed by atoms with E-state index >= 15 is 0 Å². The van der Waals surface area contributed by atoms with Crippen LogP contribution in [0.1, 0.15) is 24.7 Å². The number of nitrogens with one attached hydrogen (secondary N) is 2. The summed E-state index contributed by atoms with van der Waals surface area (Å²) in [6.45, 7) is 12.1. The van der Waals surface area contributed by atoms with Gasteiger partial charge < -0.3 is 20.0 Å². The zero-order chi connectivity index (χ0) is 19.6. The number of piperazine rings is 1. The Morgan fingerprint density at radius 2 is 1.96 bits per heavy atom. The maximum absolute atomic E-state index is 5.34. The minimum absolute atomic E-state index is 0.559. The summed E-state index contributed by atoms with van der Waals surface area (Å²) >= 11 is 0. The van der Waals surface area contributed by atoms with Crippen molar-refractivity contribution in [3.8, 4) is 0 Å². The molecular formula is C22H33N5O. The van der Waals surface area contributed by atoms with E-state index in [1.807, 2.05) is 12.1 Å². The summed E-state index contributed by atoms with van der Waals surface area (Å²) in [6.07, 6.45) is 2.79. The van der Waals surface area contributed by atoms with Gasteiger partial charge in [-0.3, -0.25) is 4.90 Å². The molecule has 0 amide bonds. The van der Waals surface area contributed by atoms with Crippen LogP contribution in [0.4, 0.5) is 5.69 Å². The van der Waals surface area contributed by atoms with Crippen LogP contribution < -0.4 is 15.5 Å². The number of hydrogen-bond donors (Lipinski definition) is 2. The Bertz CT molecular complexity index is 720.